The van der Waals surface area contributed by atoms with Crippen LogP contribution in [0.1, 0.15) is 0 Å². The number of benzene rings is 2. The fourth-order valence-corrected chi connectivity index (χ4v) is 2.42. The van der Waals surface area contributed by atoms with E-state index in [4.69, 9.17) is 19.6 Å². The summed E-state index contributed by atoms with van der Waals surface area (Å²) >= 11 is 0. The van der Waals surface area contributed by atoms with Crippen molar-refractivity contribution in [3.63, 3.8) is 0 Å². The van der Waals surface area contributed by atoms with E-state index < -0.39 is 5.91 Å². The van der Waals surface area contributed by atoms with E-state index in [0.717, 1.165) is 0 Å². The molecule has 128 valence electrons. The van der Waals surface area contributed by atoms with Gasteiger partial charge in [-0.3, -0.25) is 9.59 Å². The summed E-state index contributed by atoms with van der Waals surface area (Å²) in [5, 5.41) is 10.2. The lowest BCUT2D eigenvalue weighted by Crippen LogP contribution is -2.20. The molecule has 0 radical (unpaired) electrons. The Morgan fingerprint density at radius 1 is 1.20 bits per heavy atom. The number of primary amides is 1. The van der Waals surface area contributed by atoms with E-state index >= 15 is 0 Å². The number of carbonyl (C=O) groups excluding carboxylic acids is 1. The topological polar surface area (TPSA) is 112 Å². The minimum absolute atomic E-state index is 0.0275. The second-order valence-electron chi connectivity index (χ2n) is 5.28. The molecule has 25 heavy (non-hydrogen) atoms. The number of methoxy groups -OCH3 is 1. The first-order chi connectivity index (χ1) is 12.0. The van der Waals surface area contributed by atoms with Crippen molar-refractivity contribution >= 4 is 16.9 Å². The highest BCUT2D eigenvalue weighted by atomic mass is 16.5. The highest BCUT2D eigenvalue weighted by molar-refractivity contribution is 5.88. The number of hydrogen-bond acceptors (Lipinski definition) is 6. The number of rotatable bonds is 5. The first kappa shape index (κ1) is 16.4. The molecule has 3 aromatic rings. The molecule has 0 bridgehead atoms. The Labute approximate surface area is 142 Å². The van der Waals surface area contributed by atoms with E-state index in [9.17, 15) is 14.7 Å². The van der Waals surface area contributed by atoms with Gasteiger partial charge in [-0.25, -0.2) is 0 Å². The van der Waals surface area contributed by atoms with Gasteiger partial charge in [-0.05, 0) is 17.7 Å². The van der Waals surface area contributed by atoms with Crippen LogP contribution in [-0.4, -0.2) is 24.7 Å². The van der Waals surface area contributed by atoms with Crippen molar-refractivity contribution in [3.05, 3.63) is 52.9 Å². The zero-order valence-corrected chi connectivity index (χ0v) is 13.3. The third-order valence-electron chi connectivity index (χ3n) is 3.61. The van der Waals surface area contributed by atoms with E-state index in [1.807, 2.05) is 0 Å². The Balaban J connectivity index is 2.07. The average molecular weight is 341 g/mol. The van der Waals surface area contributed by atoms with Crippen LogP contribution in [0.2, 0.25) is 0 Å². The first-order valence-corrected chi connectivity index (χ1v) is 7.33. The SMILES string of the molecule is COc1ccc(-c2coc3cc(OCC(N)=O)cc(O)c3c2=O)cc1. The number of carbonyl (C=O) groups is 1. The molecule has 2 aromatic carbocycles. The molecule has 0 aliphatic rings. The van der Waals surface area contributed by atoms with Crippen molar-refractivity contribution in [2.75, 3.05) is 13.7 Å². The zero-order chi connectivity index (χ0) is 18.0. The van der Waals surface area contributed by atoms with E-state index in [0.29, 0.717) is 16.9 Å². The van der Waals surface area contributed by atoms with Gasteiger partial charge in [-0.15, -0.1) is 0 Å². The van der Waals surface area contributed by atoms with Gasteiger partial charge in [0.1, 0.15) is 34.5 Å². The van der Waals surface area contributed by atoms with Crippen molar-refractivity contribution in [1.29, 1.82) is 0 Å². The molecule has 1 aromatic heterocycles. The van der Waals surface area contributed by atoms with Gasteiger partial charge in [0.25, 0.3) is 5.91 Å². The van der Waals surface area contributed by atoms with Crippen molar-refractivity contribution in [3.8, 4) is 28.4 Å². The molecule has 1 heterocycles. The van der Waals surface area contributed by atoms with Crippen molar-refractivity contribution in [2.45, 2.75) is 0 Å². The molecule has 3 rings (SSSR count). The highest BCUT2D eigenvalue weighted by Crippen LogP contribution is 2.30. The zero-order valence-electron chi connectivity index (χ0n) is 13.3. The molecule has 3 N–H and O–H groups in total. The summed E-state index contributed by atoms with van der Waals surface area (Å²) in [6.45, 7) is -0.348. The number of aromatic hydroxyl groups is 1. The van der Waals surface area contributed by atoms with Crippen LogP contribution < -0.4 is 20.6 Å². The monoisotopic (exact) mass is 341 g/mol. The average Bonchev–Trinajstić information content (AvgIpc) is 2.60. The Morgan fingerprint density at radius 2 is 1.92 bits per heavy atom. The summed E-state index contributed by atoms with van der Waals surface area (Å²) in [7, 11) is 1.55. The lowest BCUT2D eigenvalue weighted by molar-refractivity contribution is -0.119. The predicted molar refractivity (Wildman–Crippen MR) is 90.8 cm³/mol. The van der Waals surface area contributed by atoms with Crippen LogP contribution in [-0.2, 0) is 4.79 Å². The first-order valence-electron chi connectivity index (χ1n) is 7.33. The molecule has 0 aliphatic heterocycles. The maximum Gasteiger partial charge on any atom is 0.255 e. The van der Waals surface area contributed by atoms with E-state index in [1.54, 1.807) is 31.4 Å². The number of amides is 1. The smallest absolute Gasteiger partial charge is 0.255 e. The lowest BCUT2D eigenvalue weighted by Gasteiger charge is -2.08. The highest BCUT2D eigenvalue weighted by Gasteiger charge is 2.15. The normalized spacial score (nSPS) is 10.6. The summed E-state index contributed by atoms with van der Waals surface area (Å²) in [4.78, 5) is 23.5. The van der Waals surface area contributed by atoms with E-state index in [-0.39, 0.29) is 34.5 Å². The van der Waals surface area contributed by atoms with Crippen LogP contribution in [0, 0.1) is 0 Å². The molecule has 1 amide bonds. The Kier molecular flexibility index (Phi) is 4.30. The third kappa shape index (κ3) is 3.25. The van der Waals surface area contributed by atoms with Crippen LogP contribution in [0.15, 0.2) is 51.9 Å². The quantitative estimate of drug-likeness (QED) is 0.734. The van der Waals surface area contributed by atoms with Gasteiger partial charge in [0.15, 0.2) is 6.61 Å². The van der Waals surface area contributed by atoms with Crippen LogP contribution in [0.5, 0.6) is 17.2 Å². The molecule has 0 saturated heterocycles. The number of phenols is 1. The fraction of sp³-hybridized carbons (Fsp3) is 0.111. The number of nitrogens with two attached hydrogens (primary N) is 1. The Bertz CT molecular complexity index is 991. The molecule has 7 nitrogen and oxygen atoms in total. The van der Waals surface area contributed by atoms with Crippen LogP contribution >= 0.6 is 0 Å². The maximum absolute atomic E-state index is 12.7. The summed E-state index contributed by atoms with van der Waals surface area (Å²) < 4.78 is 15.7. The van der Waals surface area contributed by atoms with Gasteiger partial charge in [-0.1, -0.05) is 12.1 Å². The lowest BCUT2D eigenvalue weighted by atomic mass is 10.0. The summed E-state index contributed by atoms with van der Waals surface area (Å²) in [5.74, 6) is -0.130. The van der Waals surface area contributed by atoms with Gasteiger partial charge in [-0.2, -0.15) is 0 Å². The second kappa shape index (κ2) is 6.56. The molecule has 0 atom stereocenters. The molecular formula is C18H15NO6. The molecule has 0 unspecified atom stereocenters. The predicted octanol–water partition coefficient (Wildman–Crippen LogP) is 2.04. The standard InChI is InChI=1S/C18H15NO6/c1-23-11-4-2-10(3-5-11)13-8-25-15-7-12(24-9-16(19)21)6-14(20)17(15)18(13)22/h2-8,20H,9H2,1H3,(H2,19,21). The fourth-order valence-electron chi connectivity index (χ4n) is 2.42. The number of hydrogen-bond donors (Lipinski definition) is 2. The van der Waals surface area contributed by atoms with Gasteiger partial charge in [0.2, 0.25) is 5.43 Å². The Morgan fingerprint density at radius 3 is 2.56 bits per heavy atom. The van der Waals surface area contributed by atoms with Gasteiger partial charge in [0, 0.05) is 12.1 Å². The van der Waals surface area contributed by atoms with Crippen LogP contribution in [0.4, 0.5) is 0 Å². The minimum atomic E-state index is -0.657. The van der Waals surface area contributed by atoms with Crippen LogP contribution in [0.3, 0.4) is 0 Å². The molecular weight excluding hydrogens is 326 g/mol. The van der Waals surface area contributed by atoms with Gasteiger partial charge in [0.05, 0.1) is 12.7 Å². The van der Waals surface area contributed by atoms with Crippen molar-refractivity contribution in [2.24, 2.45) is 5.73 Å². The number of ether oxygens (including phenoxy) is 2. The second-order valence-corrected chi connectivity index (χ2v) is 5.28. The van der Waals surface area contributed by atoms with E-state index in [1.165, 1.54) is 18.4 Å². The molecule has 0 aliphatic carbocycles. The van der Waals surface area contributed by atoms with Crippen LogP contribution in [0.25, 0.3) is 22.1 Å². The Hall–Kier alpha value is -3.48. The van der Waals surface area contributed by atoms with Gasteiger partial charge < -0.3 is 24.7 Å². The largest absolute Gasteiger partial charge is 0.507 e. The summed E-state index contributed by atoms with van der Waals surface area (Å²) in [6.07, 6.45) is 1.31. The number of phenolic OH excluding ortho intramolecular Hbond substituents is 1. The summed E-state index contributed by atoms with van der Waals surface area (Å²) in [5.41, 5.74) is 5.70. The molecule has 0 fully saturated rings. The third-order valence-corrected chi connectivity index (χ3v) is 3.61. The summed E-state index contributed by atoms with van der Waals surface area (Å²) in [6, 6.07) is 9.53. The van der Waals surface area contributed by atoms with Crippen molar-refractivity contribution in [1.82, 2.24) is 0 Å². The van der Waals surface area contributed by atoms with Crippen molar-refractivity contribution < 1.29 is 23.8 Å². The molecule has 0 saturated carbocycles. The minimum Gasteiger partial charge on any atom is -0.507 e. The van der Waals surface area contributed by atoms with Gasteiger partial charge >= 0.3 is 0 Å². The van der Waals surface area contributed by atoms with E-state index in [2.05, 4.69) is 0 Å². The maximum atomic E-state index is 12.7. The number of fused-ring (bicyclic) bond motifs is 1. The molecule has 7 heteroatoms. The molecule has 0 spiro atoms.